The lowest BCUT2D eigenvalue weighted by atomic mass is 10.2. The van der Waals surface area contributed by atoms with Crippen molar-refractivity contribution in [1.82, 2.24) is 9.55 Å². The average molecular weight is 302 g/mol. The number of anilines is 1. The number of nitrogens with zero attached hydrogens (tertiary/aromatic N) is 2. The minimum atomic E-state index is -0.419. The molecule has 0 amide bonds. The van der Waals surface area contributed by atoms with Gasteiger partial charge in [-0.3, -0.25) is 0 Å². The van der Waals surface area contributed by atoms with Crippen molar-refractivity contribution in [3.8, 4) is 5.69 Å². The van der Waals surface area contributed by atoms with Gasteiger partial charge >= 0.3 is 0 Å². The zero-order valence-corrected chi connectivity index (χ0v) is 11.9. The van der Waals surface area contributed by atoms with Gasteiger partial charge in [-0.2, -0.15) is 0 Å². The van der Waals surface area contributed by atoms with E-state index in [1.54, 1.807) is 24.7 Å². The first-order valence-corrected chi connectivity index (χ1v) is 6.86. The monoisotopic (exact) mass is 301 g/mol. The molecule has 0 fully saturated rings. The summed E-state index contributed by atoms with van der Waals surface area (Å²) in [6.07, 6.45) is 5.39. The van der Waals surface area contributed by atoms with Crippen LogP contribution in [0.5, 0.6) is 0 Å². The summed E-state index contributed by atoms with van der Waals surface area (Å²) < 4.78 is 15.3. The fraction of sp³-hybridized carbons (Fsp3) is 0.0625. The maximum Gasteiger partial charge on any atom is 0.143 e. The van der Waals surface area contributed by atoms with Gasteiger partial charge in [0.05, 0.1) is 11.3 Å². The van der Waals surface area contributed by atoms with Crippen molar-refractivity contribution in [3.05, 3.63) is 77.6 Å². The van der Waals surface area contributed by atoms with Gasteiger partial charge in [0.25, 0.3) is 0 Å². The molecule has 21 heavy (non-hydrogen) atoms. The lowest BCUT2D eigenvalue weighted by molar-refractivity contribution is 0.628. The summed E-state index contributed by atoms with van der Waals surface area (Å²) in [6, 6.07) is 12.8. The molecule has 1 aromatic heterocycles. The number of halogens is 2. The molecular weight excluding hydrogens is 289 g/mol. The minimum Gasteiger partial charge on any atom is -0.381 e. The van der Waals surface area contributed by atoms with Crippen LogP contribution < -0.4 is 5.32 Å². The van der Waals surface area contributed by atoms with E-state index in [1.807, 2.05) is 35.0 Å². The third kappa shape index (κ3) is 3.23. The zero-order valence-electron chi connectivity index (χ0n) is 11.1. The van der Waals surface area contributed by atoms with Crippen molar-refractivity contribution in [2.75, 3.05) is 5.32 Å². The molecule has 0 unspecified atom stereocenters. The molecule has 5 heteroatoms. The largest absolute Gasteiger partial charge is 0.381 e. The number of nitrogens with one attached hydrogen (secondary N) is 1. The van der Waals surface area contributed by atoms with E-state index in [0.29, 0.717) is 12.2 Å². The quantitative estimate of drug-likeness (QED) is 0.779. The van der Waals surface area contributed by atoms with Crippen LogP contribution in [0.15, 0.2) is 61.2 Å². The third-order valence-corrected chi connectivity index (χ3v) is 3.46. The van der Waals surface area contributed by atoms with Gasteiger partial charge in [0, 0.05) is 30.3 Å². The topological polar surface area (TPSA) is 29.9 Å². The van der Waals surface area contributed by atoms with E-state index in [-0.39, 0.29) is 5.02 Å². The van der Waals surface area contributed by atoms with Gasteiger partial charge in [-0.05, 0) is 35.9 Å². The molecule has 0 saturated heterocycles. The number of imidazole rings is 1. The van der Waals surface area contributed by atoms with Crippen LogP contribution in [-0.4, -0.2) is 9.55 Å². The SMILES string of the molecule is Fc1cc(NCc2ccc(-n3ccnc3)cc2)ccc1Cl. The maximum absolute atomic E-state index is 13.3. The van der Waals surface area contributed by atoms with Crippen molar-refractivity contribution in [3.63, 3.8) is 0 Å². The Kier molecular flexibility index (Phi) is 3.88. The van der Waals surface area contributed by atoms with Crippen molar-refractivity contribution < 1.29 is 4.39 Å². The molecule has 1 N–H and O–H groups in total. The fourth-order valence-electron chi connectivity index (χ4n) is 2.01. The van der Waals surface area contributed by atoms with Crippen LogP contribution in [0.3, 0.4) is 0 Å². The Labute approximate surface area is 127 Å². The van der Waals surface area contributed by atoms with E-state index in [4.69, 9.17) is 11.6 Å². The number of rotatable bonds is 4. The Morgan fingerprint density at radius 2 is 1.95 bits per heavy atom. The summed E-state index contributed by atoms with van der Waals surface area (Å²) in [6.45, 7) is 0.616. The Morgan fingerprint density at radius 3 is 2.62 bits per heavy atom. The maximum atomic E-state index is 13.3. The smallest absolute Gasteiger partial charge is 0.143 e. The van der Waals surface area contributed by atoms with Crippen LogP contribution in [-0.2, 0) is 6.54 Å². The van der Waals surface area contributed by atoms with Crippen LogP contribution in [0.25, 0.3) is 5.69 Å². The highest BCUT2D eigenvalue weighted by atomic mass is 35.5. The van der Waals surface area contributed by atoms with E-state index < -0.39 is 5.82 Å². The highest BCUT2D eigenvalue weighted by molar-refractivity contribution is 6.30. The molecule has 0 atom stereocenters. The molecule has 0 aliphatic heterocycles. The predicted octanol–water partition coefficient (Wildman–Crippen LogP) is 4.28. The molecule has 0 radical (unpaired) electrons. The third-order valence-electron chi connectivity index (χ3n) is 3.16. The molecule has 0 spiro atoms. The molecule has 3 aromatic rings. The first kappa shape index (κ1) is 13.6. The molecule has 1 heterocycles. The van der Waals surface area contributed by atoms with Gasteiger partial charge < -0.3 is 9.88 Å². The first-order valence-electron chi connectivity index (χ1n) is 6.48. The fourth-order valence-corrected chi connectivity index (χ4v) is 2.13. The van der Waals surface area contributed by atoms with E-state index in [0.717, 1.165) is 11.3 Å². The molecule has 0 bridgehead atoms. The van der Waals surface area contributed by atoms with Crippen LogP contribution in [0.2, 0.25) is 5.02 Å². The molecule has 106 valence electrons. The Bertz CT molecular complexity index is 724. The van der Waals surface area contributed by atoms with Crippen molar-refractivity contribution in [2.24, 2.45) is 0 Å². The van der Waals surface area contributed by atoms with Gasteiger partial charge in [-0.1, -0.05) is 23.7 Å². The second kappa shape index (κ2) is 5.97. The Balaban J connectivity index is 1.66. The summed E-state index contributed by atoms with van der Waals surface area (Å²) >= 11 is 5.65. The first-order chi connectivity index (χ1) is 10.2. The lowest BCUT2D eigenvalue weighted by Crippen LogP contribution is -2.00. The van der Waals surface area contributed by atoms with Gasteiger partial charge in [0.1, 0.15) is 5.82 Å². The van der Waals surface area contributed by atoms with Crippen molar-refractivity contribution in [2.45, 2.75) is 6.54 Å². The molecule has 0 aliphatic rings. The standard InChI is InChI=1S/C16H13ClFN3/c17-15-6-3-13(9-16(15)18)20-10-12-1-4-14(5-2-12)21-8-7-19-11-21/h1-9,11,20H,10H2. The number of benzene rings is 2. The lowest BCUT2D eigenvalue weighted by Gasteiger charge is -2.08. The van der Waals surface area contributed by atoms with Crippen molar-refractivity contribution in [1.29, 1.82) is 0 Å². The molecule has 0 aliphatic carbocycles. The average Bonchev–Trinajstić information content (AvgIpc) is 3.03. The summed E-state index contributed by atoms with van der Waals surface area (Å²) in [4.78, 5) is 4.02. The second-order valence-corrected chi connectivity index (χ2v) is 5.03. The highest BCUT2D eigenvalue weighted by Gasteiger charge is 2.01. The van der Waals surface area contributed by atoms with Crippen LogP contribution in [0.1, 0.15) is 5.56 Å². The van der Waals surface area contributed by atoms with E-state index in [1.165, 1.54) is 6.07 Å². The van der Waals surface area contributed by atoms with Crippen LogP contribution in [0, 0.1) is 5.82 Å². The van der Waals surface area contributed by atoms with Crippen LogP contribution >= 0.6 is 11.6 Å². The molecule has 2 aromatic carbocycles. The predicted molar refractivity (Wildman–Crippen MR) is 82.3 cm³/mol. The Morgan fingerprint density at radius 1 is 1.14 bits per heavy atom. The zero-order chi connectivity index (χ0) is 14.7. The van der Waals surface area contributed by atoms with Gasteiger partial charge in [-0.25, -0.2) is 9.37 Å². The van der Waals surface area contributed by atoms with E-state index in [2.05, 4.69) is 10.3 Å². The van der Waals surface area contributed by atoms with Crippen molar-refractivity contribution >= 4 is 17.3 Å². The molecule has 3 rings (SSSR count). The Hall–Kier alpha value is -2.33. The van der Waals surface area contributed by atoms with Crippen LogP contribution in [0.4, 0.5) is 10.1 Å². The summed E-state index contributed by atoms with van der Waals surface area (Å²) in [5, 5.41) is 3.30. The van der Waals surface area contributed by atoms with E-state index in [9.17, 15) is 4.39 Å². The number of hydrogen-bond acceptors (Lipinski definition) is 2. The minimum absolute atomic E-state index is 0.130. The number of aromatic nitrogens is 2. The second-order valence-electron chi connectivity index (χ2n) is 4.62. The normalized spacial score (nSPS) is 10.6. The number of hydrogen-bond donors (Lipinski definition) is 1. The van der Waals surface area contributed by atoms with Gasteiger partial charge in [-0.15, -0.1) is 0 Å². The van der Waals surface area contributed by atoms with E-state index >= 15 is 0 Å². The summed E-state index contributed by atoms with van der Waals surface area (Å²) in [7, 11) is 0. The summed E-state index contributed by atoms with van der Waals surface area (Å²) in [5.74, 6) is -0.419. The molecular formula is C16H13ClFN3. The van der Waals surface area contributed by atoms with Gasteiger partial charge in [0.15, 0.2) is 0 Å². The molecule has 3 nitrogen and oxygen atoms in total. The van der Waals surface area contributed by atoms with Gasteiger partial charge in [0.2, 0.25) is 0 Å². The summed E-state index contributed by atoms with van der Waals surface area (Å²) in [5.41, 5.74) is 2.86. The highest BCUT2D eigenvalue weighted by Crippen LogP contribution is 2.19. The molecule has 0 saturated carbocycles.